The Bertz CT molecular complexity index is 1540. The molecule has 0 aliphatic rings. The van der Waals surface area contributed by atoms with Gasteiger partial charge in [0.05, 0.1) is 30.4 Å². The molecule has 5 nitrogen and oxygen atoms in total. The number of ether oxygens (including phenoxy) is 2. The van der Waals surface area contributed by atoms with Crippen molar-refractivity contribution in [3.63, 3.8) is 0 Å². The molecule has 0 amide bonds. The van der Waals surface area contributed by atoms with Crippen molar-refractivity contribution in [1.29, 1.82) is 0 Å². The van der Waals surface area contributed by atoms with Crippen molar-refractivity contribution in [3.8, 4) is 11.5 Å². The van der Waals surface area contributed by atoms with E-state index < -0.39 is 0 Å². The molecule has 37 heavy (non-hydrogen) atoms. The van der Waals surface area contributed by atoms with Crippen LogP contribution >= 0.6 is 27.5 Å². The maximum atomic E-state index is 6.69. The van der Waals surface area contributed by atoms with Crippen LogP contribution in [0, 0.1) is 6.92 Å². The van der Waals surface area contributed by atoms with E-state index in [1.54, 1.807) is 7.11 Å². The second kappa shape index (κ2) is 11.2. The molecule has 0 unspecified atom stereocenters. The van der Waals surface area contributed by atoms with Crippen LogP contribution in [0.2, 0.25) is 5.15 Å². The molecule has 4 aromatic carbocycles. The Kier molecular flexibility index (Phi) is 7.58. The third kappa shape index (κ3) is 5.71. The Morgan fingerprint density at radius 3 is 2.30 bits per heavy atom. The van der Waals surface area contributed by atoms with Crippen molar-refractivity contribution in [2.24, 2.45) is 0 Å². The Morgan fingerprint density at radius 1 is 0.865 bits per heavy atom. The average molecular weight is 575 g/mol. The van der Waals surface area contributed by atoms with Crippen LogP contribution in [0.5, 0.6) is 11.5 Å². The van der Waals surface area contributed by atoms with Crippen LogP contribution in [-0.4, -0.2) is 17.1 Å². The standard InChI is InChI=1S/C30H25BrClN3O2/c1-20-11-13-21(14-12-20)19-37-23-16-15-22(28(17-23)36-2)18-35(27-10-6-3-7-24(27)31)30-29(32)33-25-8-4-5-9-26(25)34-30/h3-17H,18-19H2,1-2H3. The average Bonchev–Trinajstić information content (AvgIpc) is 2.92. The number of fused-ring (bicyclic) bond motifs is 1. The number of benzene rings is 4. The summed E-state index contributed by atoms with van der Waals surface area (Å²) in [5.41, 5.74) is 5.71. The van der Waals surface area contributed by atoms with Gasteiger partial charge in [0.25, 0.3) is 0 Å². The Labute approximate surface area is 229 Å². The lowest BCUT2D eigenvalue weighted by Gasteiger charge is -2.26. The molecule has 0 bridgehead atoms. The van der Waals surface area contributed by atoms with E-state index in [1.165, 1.54) is 5.56 Å². The summed E-state index contributed by atoms with van der Waals surface area (Å²) in [7, 11) is 1.66. The van der Waals surface area contributed by atoms with Gasteiger partial charge in [0, 0.05) is 16.1 Å². The highest BCUT2D eigenvalue weighted by Gasteiger charge is 2.21. The number of hydrogen-bond donors (Lipinski definition) is 0. The summed E-state index contributed by atoms with van der Waals surface area (Å²) in [6, 6.07) is 29.8. The molecule has 0 N–H and O–H groups in total. The number of nitrogens with zero attached hydrogens (tertiary/aromatic N) is 3. The minimum Gasteiger partial charge on any atom is -0.496 e. The van der Waals surface area contributed by atoms with Crippen molar-refractivity contribution in [2.75, 3.05) is 12.0 Å². The number of rotatable bonds is 8. The first-order valence-corrected chi connectivity index (χ1v) is 13.0. The zero-order valence-electron chi connectivity index (χ0n) is 20.5. The molecule has 0 radical (unpaired) electrons. The van der Waals surface area contributed by atoms with E-state index in [1.807, 2.05) is 71.6 Å². The minimum absolute atomic E-state index is 0.325. The lowest BCUT2D eigenvalue weighted by molar-refractivity contribution is 0.303. The maximum Gasteiger partial charge on any atom is 0.172 e. The van der Waals surface area contributed by atoms with Crippen molar-refractivity contribution in [1.82, 2.24) is 9.97 Å². The van der Waals surface area contributed by atoms with Crippen LogP contribution in [0.3, 0.4) is 0 Å². The molecule has 5 aromatic rings. The minimum atomic E-state index is 0.325. The van der Waals surface area contributed by atoms with E-state index >= 15 is 0 Å². The lowest BCUT2D eigenvalue weighted by atomic mass is 10.1. The zero-order valence-corrected chi connectivity index (χ0v) is 22.8. The summed E-state index contributed by atoms with van der Waals surface area (Å²) in [6.07, 6.45) is 0. The van der Waals surface area contributed by atoms with Crippen LogP contribution in [0.25, 0.3) is 11.0 Å². The fraction of sp³-hybridized carbons (Fsp3) is 0.133. The van der Waals surface area contributed by atoms with Gasteiger partial charge in [-0.2, -0.15) is 0 Å². The highest BCUT2D eigenvalue weighted by atomic mass is 79.9. The Hall–Kier alpha value is -3.61. The normalized spacial score (nSPS) is 10.9. The molecule has 0 saturated heterocycles. The van der Waals surface area contributed by atoms with Gasteiger partial charge in [0.15, 0.2) is 11.0 Å². The predicted octanol–water partition coefficient (Wildman–Crippen LogP) is 8.28. The molecule has 0 fully saturated rings. The Balaban J connectivity index is 1.48. The molecular weight excluding hydrogens is 550 g/mol. The van der Waals surface area contributed by atoms with Gasteiger partial charge in [-0.25, -0.2) is 9.97 Å². The summed E-state index contributed by atoms with van der Waals surface area (Å²) < 4.78 is 12.7. The zero-order chi connectivity index (χ0) is 25.8. The first-order chi connectivity index (χ1) is 18.0. The van der Waals surface area contributed by atoms with Crippen molar-refractivity contribution >= 4 is 50.1 Å². The first kappa shape index (κ1) is 25.1. The highest BCUT2D eigenvalue weighted by Crippen LogP contribution is 2.38. The molecule has 0 aliphatic heterocycles. The molecule has 0 atom stereocenters. The van der Waals surface area contributed by atoms with Gasteiger partial charge in [-0.15, -0.1) is 0 Å². The van der Waals surface area contributed by atoms with Crippen LogP contribution in [0.4, 0.5) is 11.5 Å². The van der Waals surface area contributed by atoms with E-state index in [-0.39, 0.29) is 0 Å². The molecule has 186 valence electrons. The second-order valence-electron chi connectivity index (χ2n) is 8.61. The number of aryl methyl sites for hydroxylation is 1. The van der Waals surface area contributed by atoms with Crippen LogP contribution in [0.1, 0.15) is 16.7 Å². The van der Waals surface area contributed by atoms with E-state index in [9.17, 15) is 0 Å². The molecule has 5 rings (SSSR count). The van der Waals surface area contributed by atoms with Crippen molar-refractivity contribution < 1.29 is 9.47 Å². The summed E-state index contributed by atoms with van der Waals surface area (Å²) in [5, 5.41) is 0.325. The smallest absolute Gasteiger partial charge is 0.172 e. The monoisotopic (exact) mass is 573 g/mol. The highest BCUT2D eigenvalue weighted by molar-refractivity contribution is 9.10. The molecule has 0 aliphatic carbocycles. The predicted molar refractivity (Wildman–Crippen MR) is 153 cm³/mol. The summed E-state index contributed by atoms with van der Waals surface area (Å²) in [4.78, 5) is 11.5. The maximum absolute atomic E-state index is 6.69. The summed E-state index contributed by atoms with van der Waals surface area (Å²) in [5.74, 6) is 2.01. The summed E-state index contributed by atoms with van der Waals surface area (Å²) >= 11 is 10.4. The fourth-order valence-corrected chi connectivity index (χ4v) is 4.79. The number of anilines is 2. The number of methoxy groups -OCH3 is 1. The van der Waals surface area contributed by atoms with Crippen LogP contribution in [0.15, 0.2) is 95.5 Å². The lowest BCUT2D eigenvalue weighted by Crippen LogP contribution is -2.19. The Morgan fingerprint density at radius 2 is 1.57 bits per heavy atom. The number of halogens is 2. The van der Waals surface area contributed by atoms with Crippen LogP contribution in [-0.2, 0) is 13.2 Å². The van der Waals surface area contributed by atoms with Gasteiger partial charge >= 0.3 is 0 Å². The second-order valence-corrected chi connectivity index (χ2v) is 9.82. The summed E-state index contributed by atoms with van der Waals surface area (Å²) in [6.45, 7) is 3.01. The van der Waals surface area contributed by atoms with E-state index in [2.05, 4.69) is 52.1 Å². The van der Waals surface area contributed by atoms with Gasteiger partial charge in [-0.05, 0) is 64.8 Å². The van der Waals surface area contributed by atoms with Gasteiger partial charge in [-0.3, -0.25) is 0 Å². The third-order valence-electron chi connectivity index (χ3n) is 6.02. The topological polar surface area (TPSA) is 47.5 Å². The number of para-hydroxylation sites is 3. The number of hydrogen-bond acceptors (Lipinski definition) is 5. The molecule has 0 saturated carbocycles. The molecule has 1 heterocycles. The number of aromatic nitrogens is 2. The van der Waals surface area contributed by atoms with Crippen molar-refractivity contribution in [2.45, 2.75) is 20.1 Å². The van der Waals surface area contributed by atoms with E-state index in [0.717, 1.165) is 38.1 Å². The van der Waals surface area contributed by atoms with Crippen LogP contribution < -0.4 is 14.4 Å². The molecule has 0 spiro atoms. The van der Waals surface area contributed by atoms with Gasteiger partial charge in [0.2, 0.25) is 0 Å². The quantitative estimate of drug-likeness (QED) is 0.187. The van der Waals surface area contributed by atoms with E-state index in [0.29, 0.717) is 29.9 Å². The SMILES string of the molecule is COc1cc(OCc2ccc(C)cc2)ccc1CN(c1ccccc1Br)c1nc2ccccc2nc1Cl. The van der Waals surface area contributed by atoms with Gasteiger partial charge in [0.1, 0.15) is 18.1 Å². The first-order valence-electron chi connectivity index (χ1n) is 11.8. The van der Waals surface area contributed by atoms with Gasteiger partial charge < -0.3 is 14.4 Å². The molecular formula is C30H25BrClN3O2. The molecule has 7 heteroatoms. The van der Waals surface area contributed by atoms with E-state index in [4.69, 9.17) is 26.1 Å². The van der Waals surface area contributed by atoms with Gasteiger partial charge in [-0.1, -0.05) is 65.7 Å². The van der Waals surface area contributed by atoms with Crippen molar-refractivity contribution in [3.05, 3.63) is 117 Å². The largest absolute Gasteiger partial charge is 0.496 e. The molecule has 1 aromatic heterocycles. The third-order valence-corrected chi connectivity index (χ3v) is 6.95. The fourth-order valence-electron chi connectivity index (χ4n) is 4.05.